The maximum absolute atomic E-state index is 12.5. The molecule has 6 nitrogen and oxygen atoms in total. The number of hydrogen-bond donors (Lipinski definition) is 0. The van der Waals surface area contributed by atoms with Gasteiger partial charge in [-0.1, -0.05) is 0 Å². The molecule has 29 heavy (non-hydrogen) atoms. The molecule has 1 aliphatic rings. The highest BCUT2D eigenvalue weighted by atomic mass is 16.5. The molecular formula is C23H19NO5. The lowest BCUT2D eigenvalue weighted by molar-refractivity contribution is 0.0921. The van der Waals surface area contributed by atoms with E-state index in [0.29, 0.717) is 28.4 Å². The normalized spacial score (nSPS) is 13.9. The molecule has 4 rings (SSSR count). The molecule has 0 aliphatic carbocycles. The summed E-state index contributed by atoms with van der Waals surface area (Å²) < 4.78 is 18.3. The number of hydrogen-bond acceptors (Lipinski definition) is 5. The van der Waals surface area contributed by atoms with Crippen molar-refractivity contribution in [1.82, 2.24) is 4.57 Å². The average molecular weight is 389 g/mol. The van der Waals surface area contributed by atoms with Crippen molar-refractivity contribution in [1.29, 1.82) is 0 Å². The van der Waals surface area contributed by atoms with E-state index in [9.17, 15) is 9.59 Å². The molecule has 0 N–H and O–H groups in total. The molecule has 2 aromatic carbocycles. The van der Waals surface area contributed by atoms with E-state index >= 15 is 0 Å². The molecule has 1 aromatic heterocycles. The number of rotatable bonds is 6. The topological polar surface area (TPSA) is 66.8 Å². The van der Waals surface area contributed by atoms with Crippen molar-refractivity contribution in [2.24, 2.45) is 7.05 Å². The fourth-order valence-corrected chi connectivity index (χ4v) is 3.02. The summed E-state index contributed by atoms with van der Waals surface area (Å²) in [5, 5.41) is 0. The third-order valence-corrected chi connectivity index (χ3v) is 4.69. The number of methoxy groups -OCH3 is 1. The maximum Gasteiger partial charge on any atom is 0.232 e. The molecule has 0 unspecified atom stereocenters. The highest BCUT2D eigenvalue weighted by molar-refractivity contribution is 6.14. The highest BCUT2D eigenvalue weighted by Gasteiger charge is 2.28. The van der Waals surface area contributed by atoms with Crippen LogP contribution < -0.4 is 14.2 Å². The minimum Gasteiger partial charge on any atom is -0.497 e. The molecule has 2 heterocycles. The molecule has 146 valence electrons. The number of ketones is 2. The predicted octanol–water partition coefficient (Wildman–Crippen LogP) is 3.91. The first-order chi connectivity index (χ1) is 14.0. The van der Waals surface area contributed by atoms with Crippen LogP contribution in [0.2, 0.25) is 0 Å². The number of benzene rings is 2. The van der Waals surface area contributed by atoms with Gasteiger partial charge in [0.05, 0.1) is 12.7 Å². The number of aryl methyl sites for hydroxylation is 1. The van der Waals surface area contributed by atoms with Gasteiger partial charge in [-0.2, -0.15) is 0 Å². The zero-order valence-electron chi connectivity index (χ0n) is 16.0. The smallest absolute Gasteiger partial charge is 0.232 e. The molecule has 0 spiro atoms. The summed E-state index contributed by atoms with van der Waals surface area (Å²) in [5.41, 5.74) is 1.87. The van der Waals surface area contributed by atoms with Crippen LogP contribution in [0.5, 0.6) is 17.2 Å². The zero-order valence-corrected chi connectivity index (χ0v) is 16.0. The molecule has 0 radical (unpaired) electrons. The van der Waals surface area contributed by atoms with Crippen molar-refractivity contribution in [2.45, 2.75) is 0 Å². The lowest BCUT2D eigenvalue weighted by Gasteiger charge is -2.07. The predicted molar refractivity (Wildman–Crippen MR) is 108 cm³/mol. The highest BCUT2D eigenvalue weighted by Crippen LogP contribution is 2.35. The number of carbonyl (C=O) groups is 2. The Labute approximate surface area is 167 Å². The summed E-state index contributed by atoms with van der Waals surface area (Å²) >= 11 is 0. The Morgan fingerprint density at radius 3 is 2.55 bits per heavy atom. The Hall–Kier alpha value is -3.80. The van der Waals surface area contributed by atoms with Gasteiger partial charge in [-0.05, 0) is 48.5 Å². The van der Waals surface area contributed by atoms with Gasteiger partial charge in [0.15, 0.2) is 18.1 Å². The quantitative estimate of drug-likeness (QED) is 0.472. The van der Waals surface area contributed by atoms with E-state index < -0.39 is 0 Å². The Balaban J connectivity index is 1.45. The van der Waals surface area contributed by atoms with Crippen molar-refractivity contribution in [3.05, 3.63) is 83.4 Å². The first-order valence-corrected chi connectivity index (χ1v) is 9.05. The summed E-state index contributed by atoms with van der Waals surface area (Å²) in [6.45, 7) is -0.120. The molecular weight excluding hydrogens is 370 g/mol. The van der Waals surface area contributed by atoms with E-state index in [1.807, 2.05) is 29.9 Å². The van der Waals surface area contributed by atoms with Crippen LogP contribution in [0, 0.1) is 0 Å². The van der Waals surface area contributed by atoms with Crippen LogP contribution in [0.3, 0.4) is 0 Å². The first kappa shape index (κ1) is 18.6. The number of carbonyl (C=O) groups excluding carboxylic acids is 2. The molecule has 0 atom stereocenters. The average Bonchev–Trinajstić information content (AvgIpc) is 3.29. The summed E-state index contributed by atoms with van der Waals surface area (Å²) in [6.07, 6.45) is 3.60. The van der Waals surface area contributed by atoms with Gasteiger partial charge in [0.2, 0.25) is 5.78 Å². The second-order valence-corrected chi connectivity index (χ2v) is 6.58. The third kappa shape index (κ3) is 3.78. The number of Topliss-reactive ketones (excluding diaryl/α,β-unsaturated/α-hetero) is 2. The molecule has 0 saturated carbocycles. The summed E-state index contributed by atoms with van der Waals surface area (Å²) in [7, 11) is 3.46. The number of aromatic nitrogens is 1. The SMILES string of the molecule is COc1ccc(C(=O)COc2ccc3c(c2)O/C(=C/c2cccn2C)C3=O)cc1. The molecule has 1 aliphatic heterocycles. The van der Waals surface area contributed by atoms with Crippen molar-refractivity contribution in [3.63, 3.8) is 0 Å². The van der Waals surface area contributed by atoms with E-state index in [1.165, 1.54) is 0 Å². The number of allylic oxidation sites excluding steroid dienone is 1. The van der Waals surface area contributed by atoms with Gasteiger partial charge in [0.1, 0.15) is 17.2 Å². The fraction of sp³-hybridized carbons (Fsp3) is 0.130. The monoisotopic (exact) mass is 389 g/mol. The zero-order chi connectivity index (χ0) is 20.4. The Morgan fingerprint density at radius 1 is 1.10 bits per heavy atom. The van der Waals surface area contributed by atoms with E-state index in [1.54, 1.807) is 55.7 Å². The van der Waals surface area contributed by atoms with Gasteiger partial charge in [-0.25, -0.2) is 0 Å². The van der Waals surface area contributed by atoms with Gasteiger partial charge >= 0.3 is 0 Å². The van der Waals surface area contributed by atoms with Crippen LogP contribution in [-0.4, -0.2) is 29.9 Å². The number of ether oxygens (including phenoxy) is 3. The number of fused-ring (bicyclic) bond motifs is 1. The molecule has 0 amide bonds. The van der Waals surface area contributed by atoms with Crippen LogP contribution in [0.4, 0.5) is 0 Å². The van der Waals surface area contributed by atoms with E-state index in [0.717, 1.165) is 5.69 Å². The maximum atomic E-state index is 12.5. The molecule has 0 bridgehead atoms. The van der Waals surface area contributed by atoms with Crippen molar-refractivity contribution in [2.75, 3.05) is 13.7 Å². The van der Waals surface area contributed by atoms with Crippen molar-refractivity contribution in [3.8, 4) is 17.2 Å². The van der Waals surface area contributed by atoms with Gasteiger partial charge in [-0.15, -0.1) is 0 Å². The summed E-state index contributed by atoms with van der Waals surface area (Å²) in [6, 6.07) is 15.6. The van der Waals surface area contributed by atoms with Crippen LogP contribution in [0.1, 0.15) is 26.4 Å². The second-order valence-electron chi connectivity index (χ2n) is 6.58. The van der Waals surface area contributed by atoms with Crippen LogP contribution in [0.15, 0.2) is 66.6 Å². The van der Waals surface area contributed by atoms with Crippen molar-refractivity contribution >= 4 is 17.6 Å². The lowest BCUT2D eigenvalue weighted by atomic mass is 10.1. The number of nitrogens with zero attached hydrogens (tertiary/aromatic N) is 1. The van der Waals surface area contributed by atoms with E-state index in [-0.39, 0.29) is 23.9 Å². The standard InChI is InChI=1S/C23H19NO5/c1-24-11-3-4-16(24)12-22-23(26)19-10-9-18(13-21(19)29-22)28-14-20(25)15-5-7-17(27-2)8-6-15/h3-13H,14H2,1-2H3/b22-12+. The fourth-order valence-electron chi connectivity index (χ4n) is 3.02. The third-order valence-electron chi connectivity index (χ3n) is 4.69. The van der Waals surface area contributed by atoms with E-state index in [2.05, 4.69) is 0 Å². The minimum absolute atomic E-state index is 0.120. The van der Waals surface area contributed by atoms with Gasteiger partial charge in [0.25, 0.3) is 0 Å². The van der Waals surface area contributed by atoms with E-state index in [4.69, 9.17) is 14.2 Å². The Bertz CT molecular complexity index is 1110. The Morgan fingerprint density at radius 2 is 1.86 bits per heavy atom. The van der Waals surface area contributed by atoms with Gasteiger partial charge < -0.3 is 18.8 Å². The first-order valence-electron chi connectivity index (χ1n) is 9.05. The lowest BCUT2D eigenvalue weighted by Crippen LogP contribution is -2.11. The largest absolute Gasteiger partial charge is 0.497 e. The molecule has 0 fully saturated rings. The minimum atomic E-state index is -0.179. The van der Waals surface area contributed by atoms with Gasteiger partial charge in [-0.3, -0.25) is 9.59 Å². The molecule has 0 saturated heterocycles. The molecule has 3 aromatic rings. The van der Waals surface area contributed by atoms with Crippen molar-refractivity contribution < 1.29 is 23.8 Å². The molecule has 6 heteroatoms. The van der Waals surface area contributed by atoms with Gasteiger partial charge in [0, 0.05) is 36.6 Å². The van der Waals surface area contributed by atoms with Crippen LogP contribution in [0.25, 0.3) is 6.08 Å². The Kier molecular flexibility index (Phi) is 4.91. The van der Waals surface area contributed by atoms with Crippen LogP contribution in [-0.2, 0) is 7.05 Å². The van der Waals surface area contributed by atoms with Crippen LogP contribution >= 0.6 is 0 Å². The summed E-state index contributed by atoms with van der Waals surface area (Å²) in [4.78, 5) is 24.8. The second kappa shape index (κ2) is 7.67. The summed E-state index contributed by atoms with van der Waals surface area (Å²) in [5.74, 6) is 1.48.